The predicted molar refractivity (Wildman–Crippen MR) is 116 cm³/mol. The van der Waals surface area contributed by atoms with E-state index in [-0.39, 0.29) is 18.5 Å². The van der Waals surface area contributed by atoms with Crippen LogP contribution in [0, 0.1) is 5.92 Å². The molecule has 0 N–H and O–H groups in total. The van der Waals surface area contributed by atoms with E-state index >= 15 is 0 Å². The van der Waals surface area contributed by atoms with Crippen LogP contribution in [0.25, 0.3) is 21.7 Å². The fourth-order valence-electron chi connectivity index (χ4n) is 3.65. The number of carbonyl (C=O) groups is 1. The Hall–Kier alpha value is -3.19. The van der Waals surface area contributed by atoms with Crippen molar-refractivity contribution in [2.75, 3.05) is 18.0 Å². The summed E-state index contributed by atoms with van der Waals surface area (Å²) in [5.41, 5.74) is 2.72. The molecule has 0 aliphatic carbocycles. The zero-order valence-electron chi connectivity index (χ0n) is 16.4. The first-order chi connectivity index (χ1) is 14.8. The number of oxazole rings is 1. The van der Waals surface area contributed by atoms with Gasteiger partial charge in [0.15, 0.2) is 5.58 Å². The van der Waals surface area contributed by atoms with E-state index in [2.05, 4.69) is 14.9 Å². The molecule has 1 fully saturated rings. The zero-order chi connectivity index (χ0) is 20.3. The number of para-hydroxylation sites is 2. The van der Waals surface area contributed by atoms with Crippen LogP contribution in [0.5, 0.6) is 0 Å². The summed E-state index contributed by atoms with van der Waals surface area (Å²) in [5, 5.41) is 0.938. The molecule has 4 aromatic rings. The van der Waals surface area contributed by atoms with Crippen molar-refractivity contribution in [2.45, 2.75) is 19.4 Å². The average molecular weight is 420 g/mol. The van der Waals surface area contributed by atoms with Crippen molar-refractivity contribution in [3.05, 3.63) is 65.7 Å². The third-order valence-electron chi connectivity index (χ3n) is 5.31. The molecule has 3 heterocycles. The molecule has 0 radical (unpaired) electrons. The Balaban J connectivity index is 1.14. The highest BCUT2D eigenvalue weighted by Crippen LogP contribution is 2.28. The number of piperidine rings is 1. The minimum absolute atomic E-state index is 0.0906. The van der Waals surface area contributed by atoms with Crippen LogP contribution in [0.3, 0.4) is 0 Å². The molecule has 1 aliphatic rings. The van der Waals surface area contributed by atoms with Gasteiger partial charge < -0.3 is 14.1 Å². The van der Waals surface area contributed by atoms with Crippen LogP contribution in [0.2, 0.25) is 0 Å². The monoisotopic (exact) mass is 419 g/mol. The molecular formula is C23H21N3O3S. The van der Waals surface area contributed by atoms with Crippen molar-refractivity contribution < 1.29 is 13.9 Å². The number of hydrogen-bond donors (Lipinski definition) is 0. The van der Waals surface area contributed by atoms with Crippen molar-refractivity contribution in [3.63, 3.8) is 0 Å². The first kappa shape index (κ1) is 18.8. The molecule has 30 heavy (non-hydrogen) atoms. The molecule has 0 atom stereocenters. The Morgan fingerprint density at radius 3 is 2.67 bits per heavy atom. The largest absolute Gasteiger partial charge is 0.460 e. The molecule has 0 bridgehead atoms. The van der Waals surface area contributed by atoms with Crippen molar-refractivity contribution in [1.29, 1.82) is 0 Å². The lowest BCUT2D eigenvalue weighted by atomic mass is 9.97. The van der Waals surface area contributed by atoms with Crippen LogP contribution in [0.4, 0.5) is 6.01 Å². The standard InChI is InChI=1S/C23H21N3O3S/c27-22(28-15-18-14-24-21(30-18)16-6-2-1-3-7-16)17-10-12-26(13-11-17)23-25-19-8-4-5-9-20(19)29-23/h1-9,14,17H,10-13,15H2. The maximum Gasteiger partial charge on any atom is 0.309 e. The van der Waals surface area contributed by atoms with Gasteiger partial charge in [0.2, 0.25) is 0 Å². The number of anilines is 1. The third-order valence-corrected chi connectivity index (χ3v) is 6.33. The number of thiazole rings is 1. The van der Waals surface area contributed by atoms with Crippen molar-refractivity contribution in [1.82, 2.24) is 9.97 Å². The second-order valence-corrected chi connectivity index (χ2v) is 8.45. The highest BCUT2D eigenvalue weighted by molar-refractivity contribution is 7.15. The van der Waals surface area contributed by atoms with Gasteiger partial charge in [-0.25, -0.2) is 4.98 Å². The van der Waals surface area contributed by atoms with Crippen LogP contribution in [0.15, 0.2) is 65.2 Å². The number of esters is 1. The molecule has 0 saturated carbocycles. The van der Waals surface area contributed by atoms with E-state index in [9.17, 15) is 4.79 Å². The van der Waals surface area contributed by atoms with Gasteiger partial charge in [-0.1, -0.05) is 42.5 Å². The van der Waals surface area contributed by atoms with Crippen LogP contribution < -0.4 is 4.90 Å². The Morgan fingerprint density at radius 2 is 1.87 bits per heavy atom. The van der Waals surface area contributed by atoms with Gasteiger partial charge in [0, 0.05) is 24.8 Å². The van der Waals surface area contributed by atoms with Crippen molar-refractivity contribution in [3.8, 4) is 10.6 Å². The Bertz CT molecular complexity index is 1110. The molecule has 2 aromatic heterocycles. The van der Waals surface area contributed by atoms with E-state index in [4.69, 9.17) is 9.15 Å². The quantitative estimate of drug-likeness (QED) is 0.428. The van der Waals surface area contributed by atoms with Crippen molar-refractivity contribution >= 4 is 34.4 Å². The number of rotatable bonds is 5. The van der Waals surface area contributed by atoms with Gasteiger partial charge in [-0.15, -0.1) is 11.3 Å². The van der Waals surface area contributed by atoms with E-state index in [1.54, 1.807) is 17.5 Å². The molecule has 1 saturated heterocycles. The molecule has 2 aromatic carbocycles. The summed E-state index contributed by atoms with van der Waals surface area (Å²) < 4.78 is 11.4. The van der Waals surface area contributed by atoms with E-state index in [0.717, 1.165) is 52.5 Å². The molecule has 6 nitrogen and oxygen atoms in total. The van der Waals surface area contributed by atoms with Crippen LogP contribution in [-0.2, 0) is 16.1 Å². The van der Waals surface area contributed by atoms with Gasteiger partial charge in [0.05, 0.1) is 10.8 Å². The SMILES string of the molecule is O=C(OCc1cnc(-c2ccccc2)s1)C1CCN(c2nc3ccccc3o2)CC1. The lowest BCUT2D eigenvalue weighted by Crippen LogP contribution is -2.37. The molecule has 0 amide bonds. The van der Waals surface area contributed by atoms with Crippen LogP contribution in [-0.4, -0.2) is 29.0 Å². The maximum absolute atomic E-state index is 12.5. The van der Waals surface area contributed by atoms with Crippen LogP contribution >= 0.6 is 11.3 Å². The van der Waals surface area contributed by atoms with Gasteiger partial charge in [-0.2, -0.15) is 4.98 Å². The van der Waals surface area contributed by atoms with E-state index in [1.807, 2.05) is 54.6 Å². The molecular weight excluding hydrogens is 398 g/mol. The average Bonchev–Trinajstić information content (AvgIpc) is 3.45. The summed E-state index contributed by atoms with van der Waals surface area (Å²) in [6.45, 7) is 1.73. The number of ether oxygens (including phenoxy) is 1. The summed E-state index contributed by atoms with van der Waals surface area (Å²) in [4.78, 5) is 24.6. The molecule has 7 heteroatoms. The lowest BCUT2D eigenvalue weighted by molar-refractivity contribution is -0.150. The van der Waals surface area contributed by atoms with E-state index in [0.29, 0.717) is 6.01 Å². The van der Waals surface area contributed by atoms with Crippen molar-refractivity contribution in [2.24, 2.45) is 5.92 Å². The highest BCUT2D eigenvalue weighted by Gasteiger charge is 2.28. The molecule has 0 spiro atoms. The van der Waals surface area contributed by atoms with Gasteiger partial charge in [-0.05, 0) is 25.0 Å². The van der Waals surface area contributed by atoms with Gasteiger partial charge in [0.25, 0.3) is 6.01 Å². The van der Waals surface area contributed by atoms with E-state index in [1.165, 1.54) is 0 Å². The summed E-state index contributed by atoms with van der Waals surface area (Å²) in [6.07, 6.45) is 3.25. The number of carbonyl (C=O) groups excluding carboxylic acids is 1. The Kier molecular flexibility index (Phi) is 5.19. The number of fused-ring (bicyclic) bond motifs is 1. The fourth-order valence-corrected chi connectivity index (χ4v) is 4.48. The summed E-state index contributed by atoms with van der Waals surface area (Å²) in [7, 11) is 0. The lowest BCUT2D eigenvalue weighted by Gasteiger charge is -2.29. The summed E-state index contributed by atoms with van der Waals surface area (Å²) in [5.74, 6) is -0.228. The smallest absolute Gasteiger partial charge is 0.309 e. The number of benzene rings is 2. The first-order valence-corrected chi connectivity index (χ1v) is 10.9. The summed E-state index contributed by atoms with van der Waals surface area (Å²) >= 11 is 1.56. The molecule has 5 rings (SSSR count). The number of nitrogens with zero attached hydrogens (tertiary/aromatic N) is 3. The second-order valence-electron chi connectivity index (χ2n) is 7.33. The van der Waals surface area contributed by atoms with Gasteiger partial charge in [-0.3, -0.25) is 4.79 Å². The topological polar surface area (TPSA) is 68.5 Å². The number of hydrogen-bond acceptors (Lipinski definition) is 7. The third kappa shape index (κ3) is 3.93. The normalized spacial score (nSPS) is 14.9. The Labute approximate surface area is 178 Å². The maximum atomic E-state index is 12.5. The molecule has 1 aliphatic heterocycles. The number of aromatic nitrogens is 2. The minimum atomic E-state index is -0.137. The fraction of sp³-hybridized carbons (Fsp3) is 0.261. The minimum Gasteiger partial charge on any atom is -0.460 e. The molecule has 152 valence electrons. The highest BCUT2D eigenvalue weighted by atomic mass is 32.1. The van der Waals surface area contributed by atoms with Gasteiger partial charge in [0.1, 0.15) is 17.1 Å². The first-order valence-electron chi connectivity index (χ1n) is 10.0. The summed E-state index contributed by atoms with van der Waals surface area (Å²) in [6, 6.07) is 18.4. The Morgan fingerprint density at radius 1 is 1.10 bits per heavy atom. The van der Waals surface area contributed by atoms with Crippen LogP contribution in [0.1, 0.15) is 17.7 Å². The molecule has 0 unspecified atom stereocenters. The van der Waals surface area contributed by atoms with Gasteiger partial charge >= 0.3 is 5.97 Å². The predicted octanol–water partition coefficient (Wildman–Crippen LogP) is 4.91. The second kappa shape index (κ2) is 8.28. The van der Waals surface area contributed by atoms with E-state index < -0.39 is 0 Å². The zero-order valence-corrected chi connectivity index (χ0v) is 17.2.